The zero-order chi connectivity index (χ0) is 49.7. The summed E-state index contributed by atoms with van der Waals surface area (Å²) >= 11 is 6.05. The Labute approximate surface area is 374 Å². The first-order chi connectivity index (χ1) is 31.5. The molecular weight excluding hydrogens is 923 g/mol. The second kappa shape index (κ2) is 19.4. The topological polar surface area (TPSA) is 374 Å². The number of halogens is 4. The molecule has 0 fully saturated rings. The standard InChI is InChI=1S/C38H25ClF3N13O12/c1-4-17-20(13-43)27(56)54(28(57)24(17)52-50-21-11-15(31(60)61)5-7-18(21)33(64)65)10-9-45-36-47-35(39)48-37(49-36)46-14(2)55-29(58)25(44-3)23(38(40,41)42)26(30(55)59)53-51-22-12-16(32(62)63)6-8-19(22)34(66)67/h5-8,11-12,56,58H,2,4,9-10H2,1H3,(H,60,61)(H,62,63)(H,64,65)(H,66,67)(H2,45,46,47,48,49). The van der Waals surface area contributed by atoms with Crippen LogP contribution in [0.15, 0.2) is 73.0 Å². The lowest BCUT2D eigenvalue weighted by molar-refractivity contribution is -0.136. The second-order valence-corrected chi connectivity index (χ2v) is 13.3. The lowest BCUT2D eigenvalue weighted by Crippen LogP contribution is -2.26. The Kier molecular flexibility index (Phi) is 14.1. The molecule has 0 unspecified atom stereocenters. The van der Waals surface area contributed by atoms with E-state index in [1.807, 2.05) is 0 Å². The van der Waals surface area contributed by atoms with E-state index in [0.717, 1.165) is 30.3 Å². The molecule has 29 heteroatoms. The van der Waals surface area contributed by atoms with Gasteiger partial charge in [-0.1, -0.05) is 13.5 Å². The van der Waals surface area contributed by atoms with Crippen LogP contribution in [0.3, 0.4) is 0 Å². The first-order valence-electron chi connectivity index (χ1n) is 18.1. The molecule has 5 aromatic rings. The van der Waals surface area contributed by atoms with E-state index < -0.39 is 139 Å². The van der Waals surface area contributed by atoms with E-state index in [2.05, 4.69) is 57.5 Å². The van der Waals surface area contributed by atoms with Crippen LogP contribution in [0.5, 0.6) is 11.8 Å². The monoisotopic (exact) mass is 947 g/mol. The van der Waals surface area contributed by atoms with Crippen LogP contribution in [0.4, 0.5) is 53.5 Å². The molecule has 0 radical (unpaired) electrons. The summed E-state index contributed by atoms with van der Waals surface area (Å²) in [7, 11) is 0. The van der Waals surface area contributed by atoms with Gasteiger partial charge in [-0.3, -0.25) is 14.2 Å². The van der Waals surface area contributed by atoms with E-state index in [4.69, 9.17) is 18.2 Å². The highest BCUT2D eigenvalue weighted by atomic mass is 35.5. The molecule has 0 spiro atoms. The van der Waals surface area contributed by atoms with Crippen molar-refractivity contribution in [1.82, 2.24) is 24.1 Å². The van der Waals surface area contributed by atoms with Crippen molar-refractivity contribution in [2.24, 2.45) is 20.5 Å². The van der Waals surface area contributed by atoms with E-state index >= 15 is 0 Å². The van der Waals surface area contributed by atoms with Crippen molar-refractivity contribution in [3.05, 3.63) is 119 Å². The summed E-state index contributed by atoms with van der Waals surface area (Å²) in [5.41, 5.74) is -12.8. The van der Waals surface area contributed by atoms with E-state index in [1.165, 1.54) is 6.92 Å². The maximum Gasteiger partial charge on any atom is 0.409 e. The molecular formula is C38H25ClF3N13O12. The van der Waals surface area contributed by atoms with Crippen LogP contribution in [0.2, 0.25) is 5.28 Å². The fourth-order valence-corrected chi connectivity index (χ4v) is 6.04. The molecule has 0 bridgehead atoms. The van der Waals surface area contributed by atoms with Gasteiger partial charge in [0.05, 0.1) is 34.4 Å². The number of nitrogens with zero attached hydrogens (tertiary/aromatic N) is 11. The van der Waals surface area contributed by atoms with Crippen LogP contribution >= 0.6 is 11.6 Å². The summed E-state index contributed by atoms with van der Waals surface area (Å²) in [6.07, 6.45) is -5.65. The minimum Gasteiger partial charge on any atom is -0.502 e. The summed E-state index contributed by atoms with van der Waals surface area (Å²) in [6, 6.07) is 6.84. The summed E-state index contributed by atoms with van der Waals surface area (Å²) in [5.74, 6) is -10.6. The van der Waals surface area contributed by atoms with Gasteiger partial charge in [0.1, 0.15) is 28.8 Å². The first-order valence-corrected chi connectivity index (χ1v) is 18.4. The largest absolute Gasteiger partial charge is 0.502 e. The average Bonchev–Trinajstić information content (AvgIpc) is 3.25. The third-order valence-corrected chi connectivity index (χ3v) is 9.07. The Balaban J connectivity index is 1.49. The number of hydrogen-bond acceptors (Lipinski definition) is 18. The molecule has 0 aliphatic carbocycles. The van der Waals surface area contributed by atoms with E-state index in [0.29, 0.717) is 10.6 Å². The molecule has 0 amide bonds. The first kappa shape index (κ1) is 48.5. The van der Waals surface area contributed by atoms with Gasteiger partial charge in [-0.25, -0.2) is 28.6 Å². The molecule has 0 saturated heterocycles. The van der Waals surface area contributed by atoms with Gasteiger partial charge in [-0.2, -0.15) is 33.4 Å². The summed E-state index contributed by atoms with van der Waals surface area (Å²) < 4.78 is 43.9. The van der Waals surface area contributed by atoms with Crippen molar-refractivity contribution in [2.75, 3.05) is 17.2 Å². The predicted octanol–water partition coefficient (Wildman–Crippen LogP) is 6.54. The zero-order valence-electron chi connectivity index (χ0n) is 33.4. The van der Waals surface area contributed by atoms with Crippen molar-refractivity contribution in [3.8, 4) is 17.8 Å². The van der Waals surface area contributed by atoms with E-state index in [9.17, 15) is 77.8 Å². The molecule has 5 rings (SSSR count). The van der Waals surface area contributed by atoms with Gasteiger partial charge in [-0.15, -0.1) is 20.5 Å². The lowest BCUT2D eigenvalue weighted by Gasteiger charge is -2.18. The number of carbonyl (C=O) groups is 4. The van der Waals surface area contributed by atoms with Gasteiger partial charge < -0.3 is 41.3 Å². The van der Waals surface area contributed by atoms with Crippen LogP contribution in [0.25, 0.3) is 10.7 Å². The third kappa shape index (κ3) is 10.1. The Morgan fingerprint density at radius 3 is 1.87 bits per heavy atom. The smallest absolute Gasteiger partial charge is 0.409 e. The van der Waals surface area contributed by atoms with E-state index in [-0.39, 0.29) is 28.7 Å². The van der Waals surface area contributed by atoms with Crippen LogP contribution < -0.4 is 21.8 Å². The van der Waals surface area contributed by atoms with Crippen LogP contribution in [0, 0.1) is 17.9 Å². The van der Waals surface area contributed by atoms with Crippen molar-refractivity contribution in [2.45, 2.75) is 26.1 Å². The Morgan fingerprint density at radius 2 is 1.39 bits per heavy atom. The van der Waals surface area contributed by atoms with Crippen molar-refractivity contribution in [1.29, 1.82) is 5.26 Å². The summed E-state index contributed by atoms with van der Waals surface area (Å²) in [4.78, 5) is 88.1. The molecule has 25 nitrogen and oxygen atoms in total. The number of aromatic carboxylic acids is 4. The summed E-state index contributed by atoms with van der Waals surface area (Å²) in [6.45, 7) is 11.5. The molecule has 0 saturated carbocycles. The highest BCUT2D eigenvalue weighted by molar-refractivity contribution is 6.28. The van der Waals surface area contributed by atoms with Crippen molar-refractivity contribution >= 4 is 81.6 Å². The molecule has 2 aromatic carbocycles. The maximum atomic E-state index is 14.4. The van der Waals surface area contributed by atoms with Gasteiger partial charge >= 0.3 is 30.1 Å². The molecule has 3 aromatic heterocycles. The fraction of sp³-hybridized carbons (Fsp3) is 0.132. The average molecular weight is 948 g/mol. The molecule has 0 aliphatic heterocycles. The minimum atomic E-state index is -5.58. The highest BCUT2D eigenvalue weighted by Gasteiger charge is 2.41. The Bertz CT molecular complexity index is 3230. The van der Waals surface area contributed by atoms with Crippen LogP contribution in [-0.4, -0.2) is 85.1 Å². The zero-order valence-corrected chi connectivity index (χ0v) is 34.1. The molecule has 0 atom stereocenters. The number of aromatic hydroxyl groups is 2. The number of alkyl halides is 3. The quantitative estimate of drug-likeness (QED) is 0.0384. The predicted molar refractivity (Wildman–Crippen MR) is 221 cm³/mol. The number of rotatable bonds is 16. The van der Waals surface area contributed by atoms with Crippen LogP contribution in [0.1, 0.15) is 65.0 Å². The van der Waals surface area contributed by atoms with Crippen molar-refractivity contribution in [3.63, 3.8) is 0 Å². The third-order valence-electron chi connectivity index (χ3n) is 8.90. The number of hydrogen-bond donors (Lipinski definition) is 8. The molecule has 342 valence electrons. The Morgan fingerprint density at radius 1 is 0.851 bits per heavy atom. The van der Waals surface area contributed by atoms with Gasteiger partial charge in [0.25, 0.3) is 16.8 Å². The molecule has 67 heavy (non-hydrogen) atoms. The SMILES string of the molecule is [C-]#[N+]c1c(C(F)(F)F)c(N=Nc2cc(C(=O)O)ccc2C(=O)O)c(=O)n(C(=C)Nc2nc(Cl)nc(NCCn3c(O)c(C#N)c(CC)c(N=Nc4cc(C(=O)O)ccc4C(=O)O)c3=O)n2)c1O. The number of pyridine rings is 2. The number of carboxylic acid groups (broad SMARTS) is 4. The second-order valence-electron chi connectivity index (χ2n) is 12.9. The number of nitrogens with one attached hydrogen (secondary N) is 2. The minimum absolute atomic E-state index is 0.0236. The molecule has 3 heterocycles. The number of nitriles is 1. The number of anilines is 2. The van der Waals surface area contributed by atoms with Gasteiger partial charge in [0, 0.05) is 18.7 Å². The number of azo groups is 2. The van der Waals surface area contributed by atoms with Gasteiger partial charge in [0.2, 0.25) is 28.9 Å². The lowest BCUT2D eigenvalue weighted by atomic mass is 10.1. The van der Waals surface area contributed by atoms with Crippen molar-refractivity contribution < 1.29 is 63.0 Å². The van der Waals surface area contributed by atoms with Crippen LogP contribution in [-0.2, 0) is 19.1 Å². The fourth-order valence-electron chi connectivity index (χ4n) is 5.88. The normalized spacial score (nSPS) is 11.3. The Hall–Kier alpha value is -9.57. The summed E-state index contributed by atoms with van der Waals surface area (Å²) in [5, 5.41) is 88.0. The van der Waals surface area contributed by atoms with E-state index in [1.54, 1.807) is 6.07 Å². The number of carboxylic acids is 4. The number of aromatic nitrogens is 5. The maximum absolute atomic E-state index is 14.4. The molecule has 0 aliphatic rings. The number of benzene rings is 2. The highest BCUT2D eigenvalue weighted by Crippen LogP contribution is 2.46. The van der Waals surface area contributed by atoms with Gasteiger partial charge in [-0.05, 0) is 54.4 Å². The molecule has 8 N–H and O–H groups in total. The van der Waals surface area contributed by atoms with Gasteiger partial charge in [0.15, 0.2) is 11.4 Å².